The smallest absolute Gasteiger partial charge is 0.256 e. The first-order valence-electron chi connectivity index (χ1n) is 14.0. The zero-order valence-electron chi connectivity index (χ0n) is 26.3. The molecular weight excluding hydrogens is 387 g/mol. The molecule has 1 aliphatic rings. The van der Waals surface area contributed by atoms with Gasteiger partial charge in [0.1, 0.15) is 5.82 Å². The van der Waals surface area contributed by atoms with Crippen molar-refractivity contribution in [1.82, 2.24) is 10.3 Å². The molecule has 0 fully saturated rings. The second kappa shape index (κ2) is 8.41. The first-order chi connectivity index (χ1) is 18.1. The van der Waals surface area contributed by atoms with Gasteiger partial charge in [0.15, 0.2) is 0 Å². The third-order valence-electron chi connectivity index (χ3n) is 4.83. The van der Waals surface area contributed by atoms with Crippen LogP contribution in [0.4, 0.5) is 10.1 Å². The average Bonchev–Trinajstić information content (AvgIpc) is 3.26. The van der Waals surface area contributed by atoms with Crippen LogP contribution < -0.4 is 10.6 Å². The Labute approximate surface area is 189 Å². The summed E-state index contributed by atoms with van der Waals surface area (Å²) in [5.41, 5.74) is 1.92. The molecule has 0 saturated heterocycles. The maximum absolute atomic E-state index is 13.8. The second-order valence-electron chi connectivity index (χ2n) is 6.81. The van der Waals surface area contributed by atoms with Gasteiger partial charge in [0, 0.05) is 30.9 Å². The van der Waals surface area contributed by atoms with Crippen molar-refractivity contribution in [2.24, 2.45) is 0 Å². The number of amides is 2. The largest absolute Gasteiger partial charge is 0.633 e. The van der Waals surface area contributed by atoms with Crippen molar-refractivity contribution in [3.63, 3.8) is 0 Å². The van der Waals surface area contributed by atoms with Crippen LogP contribution in [-0.2, 0) is 4.79 Å². The number of carbonyl (C=O) groups excluding carboxylic acids is 2. The summed E-state index contributed by atoms with van der Waals surface area (Å²) in [5, 5.41) is 18.4. The van der Waals surface area contributed by atoms with Crippen LogP contribution >= 0.6 is 0 Å². The minimum Gasteiger partial charge on any atom is -0.633 e. The van der Waals surface area contributed by atoms with Crippen molar-refractivity contribution in [2.75, 3.05) is 31.4 Å². The predicted octanol–water partition coefficient (Wildman–Crippen LogP) is 3.35. The van der Waals surface area contributed by atoms with Crippen LogP contribution in [0.25, 0.3) is 11.6 Å². The number of anilines is 1. The minimum atomic E-state index is -3.88. The number of nitrogens with zero attached hydrogens (tertiary/aromatic N) is 1. The lowest BCUT2D eigenvalue weighted by Gasteiger charge is -2.41. The number of aromatic amines is 1. The highest BCUT2D eigenvalue weighted by molar-refractivity contribution is 6.34. The van der Waals surface area contributed by atoms with Crippen molar-refractivity contribution in [2.45, 2.75) is 27.6 Å². The number of aromatic nitrogens is 1. The fourth-order valence-corrected chi connectivity index (χ4v) is 3.26. The topological polar surface area (TPSA) is 97.0 Å². The van der Waals surface area contributed by atoms with E-state index in [1.165, 1.54) is 31.2 Å². The third kappa shape index (κ3) is 4.15. The van der Waals surface area contributed by atoms with E-state index in [0.717, 1.165) is 0 Å². The molecule has 0 saturated carbocycles. The van der Waals surface area contributed by atoms with Gasteiger partial charge in [0.05, 0.1) is 42.7 Å². The molecular formula is C22H27FN4O3. The molecule has 1 aromatic carbocycles. The lowest BCUT2D eigenvalue weighted by atomic mass is 10.0. The summed E-state index contributed by atoms with van der Waals surface area (Å²) in [6.45, 7) is -14.1. The van der Waals surface area contributed by atoms with E-state index in [1.807, 2.05) is 0 Å². The molecule has 3 N–H and O–H groups in total. The van der Waals surface area contributed by atoms with Crippen molar-refractivity contribution >= 4 is 29.2 Å². The Morgan fingerprint density at radius 3 is 2.80 bits per heavy atom. The summed E-state index contributed by atoms with van der Waals surface area (Å²) in [4.78, 5) is 28.4. The fourth-order valence-electron chi connectivity index (χ4n) is 3.26. The molecule has 0 aliphatic carbocycles. The van der Waals surface area contributed by atoms with Gasteiger partial charge in [-0.2, -0.15) is 0 Å². The quantitative estimate of drug-likeness (QED) is 0.361. The van der Waals surface area contributed by atoms with Gasteiger partial charge in [-0.25, -0.2) is 4.39 Å². The van der Waals surface area contributed by atoms with Crippen LogP contribution in [0.3, 0.4) is 0 Å². The third-order valence-corrected chi connectivity index (χ3v) is 4.83. The van der Waals surface area contributed by atoms with Gasteiger partial charge >= 0.3 is 0 Å². The number of fused-ring (bicyclic) bond motifs is 1. The van der Waals surface area contributed by atoms with Gasteiger partial charge in [-0.15, -0.1) is 0 Å². The molecule has 0 radical (unpaired) electrons. The molecule has 0 atom stereocenters. The Bertz CT molecular complexity index is 1360. The number of quaternary nitrogens is 1. The van der Waals surface area contributed by atoms with Gasteiger partial charge in [0.2, 0.25) is 0 Å². The molecule has 30 heavy (non-hydrogen) atoms. The van der Waals surface area contributed by atoms with Crippen LogP contribution in [-0.4, -0.2) is 47.5 Å². The van der Waals surface area contributed by atoms with E-state index in [9.17, 15) is 19.2 Å². The predicted molar refractivity (Wildman–Crippen MR) is 115 cm³/mol. The number of hydrogen-bond donors (Lipinski definition) is 3. The summed E-state index contributed by atoms with van der Waals surface area (Å²) in [7, 11) is 0. The summed E-state index contributed by atoms with van der Waals surface area (Å²) in [6, 6.07) is 3.78. The van der Waals surface area contributed by atoms with E-state index < -0.39 is 62.1 Å². The SMILES string of the molecule is [2H]C([2H])([2H])C([2H])([2H])[N+]([O-])(CCNC(=O)c1c(C)[nH]c(/C=C2\C(=O)Nc3ccc(F)cc32)c1C)C([2H])([2H])C([2H])([2H])[2H]. The van der Waals surface area contributed by atoms with Crippen molar-refractivity contribution in [3.8, 4) is 0 Å². The molecule has 1 aromatic heterocycles. The van der Waals surface area contributed by atoms with Crippen molar-refractivity contribution in [3.05, 3.63) is 57.3 Å². The maximum Gasteiger partial charge on any atom is 0.256 e. The number of carbonyl (C=O) groups is 2. The number of benzene rings is 1. The van der Waals surface area contributed by atoms with Gasteiger partial charge in [-0.05, 0) is 57.4 Å². The Kier molecular flexibility index (Phi) is 3.37. The van der Waals surface area contributed by atoms with Gasteiger partial charge in [-0.1, -0.05) is 0 Å². The summed E-state index contributed by atoms with van der Waals surface area (Å²) in [6.07, 6.45) is 1.43. The van der Waals surface area contributed by atoms with E-state index in [0.29, 0.717) is 28.2 Å². The Balaban J connectivity index is 1.89. The maximum atomic E-state index is 13.8. The van der Waals surface area contributed by atoms with E-state index >= 15 is 0 Å². The lowest BCUT2D eigenvalue weighted by molar-refractivity contribution is -0.875. The minimum absolute atomic E-state index is 0.0615. The number of nitrogens with one attached hydrogen (secondary N) is 3. The van der Waals surface area contributed by atoms with Gasteiger partial charge in [0.25, 0.3) is 11.8 Å². The van der Waals surface area contributed by atoms with Crippen LogP contribution in [0.2, 0.25) is 0 Å². The van der Waals surface area contributed by atoms with Crippen LogP contribution in [0.1, 0.15) is 60.3 Å². The summed E-state index contributed by atoms with van der Waals surface area (Å²) < 4.78 is 86.7. The van der Waals surface area contributed by atoms with Crippen LogP contribution in [0.5, 0.6) is 0 Å². The molecule has 160 valence electrons. The highest BCUT2D eigenvalue weighted by atomic mass is 19.1. The monoisotopic (exact) mass is 424 g/mol. The molecule has 0 unspecified atom stereocenters. The molecule has 2 heterocycles. The molecule has 2 aromatic rings. The lowest BCUT2D eigenvalue weighted by Crippen LogP contribution is -2.46. The molecule has 3 rings (SSSR count). The van der Waals surface area contributed by atoms with Crippen molar-refractivity contribution in [1.29, 1.82) is 0 Å². The molecule has 7 nitrogen and oxygen atoms in total. The second-order valence-corrected chi connectivity index (χ2v) is 6.81. The number of hydrogen-bond acceptors (Lipinski definition) is 3. The van der Waals surface area contributed by atoms with E-state index in [2.05, 4.69) is 15.6 Å². The van der Waals surface area contributed by atoms with Gasteiger partial charge < -0.3 is 25.5 Å². The molecule has 1 aliphatic heterocycles. The number of hydroxylamine groups is 3. The molecule has 0 spiro atoms. The van der Waals surface area contributed by atoms with Crippen LogP contribution in [0.15, 0.2) is 18.2 Å². The zero-order valence-corrected chi connectivity index (χ0v) is 16.3. The Morgan fingerprint density at radius 2 is 2.10 bits per heavy atom. The van der Waals surface area contributed by atoms with Gasteiger partial charge in [-0.3, -0.25) is 9.59 Å². The zero-order chi connectivity index (χ0) is 30.6. The average molecular weight is 425 g/mol. The molecule has 0 bridgehead atoms. The Hall–Kier alpha value is -2.97. The fraction of sp³-hybridized carbons (Fsp3) is 0.364. The van der Waals surface area contributed by atoms with Crippen LogP contribution in [0, 0.1) is 24.9 Å². The van der Waals surface area contributed by atoms with E-state index in [1.54, 1.807) is 6.92 Å². The Morgan fingerprint density at radius 1 is 1.37 bits per heavy atom. The number of H-pyrrole nitrogens is 1. The summed E-state index contributed by atoms with van der Waals surface area (Å²) >= 11 is 0. The number of aryl methyl sites for hydroxylation is 1. The first-order valence-corrected chi connectivity index (χ1v) is 8.96. The number of rotatable bonds is 7. The highest BCUT2D eigenvalue weighted by Gasteiger charge is 2.26. The van der Waals surface area contributed by atoms with E-state index in [-0.39, 0.29) is 11.1 Å². The number of halogens is 1. The summed E-state index contributed by atoms with van der Waals surface area (Å²) in [5.74, 6) is -1.86. The highest BCUT2D eigenvalue weighted by Crippen LogP contribution is 2.34. The molecule has 2 amide bonds. The van der Waals surface area contributed by atoms with Crippen molar-refractivity contribution < 1.29 is 32.3 Å². The van der Waals surface area contributed by atoms with E-state index in [4.69, 9.17) is 13.7 Å². The first kappa shape index (κ1) is 12.0. The normalized spacial score (nSPS) is 21.5. The standard InChI is InChI=1S/C22H27FN4O3/c1-5-27(30,6-2)10-9-24-22(29)20-13(3)19(25-14(20)4)12-17-16-11-15(23)7-8-18(16)26-21(17)28/h7-8,11-12,25H,5-6,9-10H2,1-4H3,(H,24,29)(H,26,28)/b17-12-/i1D3,2D3,5D2,6D2. The number of likely N-dealkylation sites (N-methyl/N-ethyl adjacent to an activating group) is 1. The molecule has 8 heteroatoms.